The van der Waals surface area contributed by atoms with Crippen LogP contribution in [0.1, 0.15) is 47.5 Å². The first kappa shape index (κ1) is 20.3. The van der Waals surface area contributed by atoms with Crippen LogP contribution >= 0.6 is 0 Å². The molecule has 5 heteroatoms. The topological polar surface area (TPSA) is 50.8 Å². The van der Waals surface area contributed by atoms with Gasteiger partial charge in [0.05, 0.1) is 13.7 Å². The van der Waals surface area contributed by atoms with Crippen LogP contribution in [-0.2, 0) is 14.3 Å². The highest BCUT2D eigenvalue weighted by Crippen LogP contribution is 2.16. The van der Waals surface area contributed by atoms with Gasteiger partial charge in [-0.3, -0.25) is 15.0 Å². The van der Waals surface area contributed by atoms with Gasteiger partial charge in [-0.25, -0.2) is 0 Å². The third-order valence-electron chi connectivity index (χ3n) is 3.80. The molecule has 0 aliphatic heterocycles. The summed E-state index contributed by atoms with van der Waals surface area (Å²) in [6.07, 6.45) is 2.11. The van der Waals surface area contributed by atoms with Gasteiger partial charge in [-0.2, -0.15) is 0 Å². The van der Waals surface area contributed by atoms with Gasteiger partial charge in [0, 0.05) is 32.3 Å². The van der Waals surface area contributed by atoms with Crippen molar-refractivity contribution >= 4 is 5.97 Å². The lowest BCUT2D eigenvalue weighted by atomic mass is 9.98. The summed E-state index contributed by atoms with van der Waals surface area (Å²) >= 11 is 0. The minimum Gasteiger partial charge on any atom is -0.468 e. The Balaban J connectivity index is 5.13. The van der Waals surface area contributed by atoms with Crippen molar-refractivity contribution in [2.75, 3.05) is 33.9 Å². The molecule has 0 aliphatic rings. The summed E-state index contributed by atoms with van der Waals surface area (Å²) in [5.74, 6) is -0.218. The van der Waals surface area contributed by atoms with Crippen LogP contribution in [0.5, 0.6) is 0 Å². The molecule has 1 atom stereocenters. The highest BCUT2D eigenvalue weighted by molar-refractivity contribution is 5.80. The number of rotatable bonds is 11. The van der Waals surface area contributed by atoms with Crippen LogP contribution in [0.15, 0.2) is 0 Å². The van der Waals surface area contributed by atoms with E-state index in [0.717, 1.165) is 19.4 Å². The largest absolute Gasteiger partial charge is 0.468 e. The lowest BCUT2D eigenvalue weighted by Crippen LogP contribution is -2.60. The van der Waals surface area contributed by atoms with Gasteiger partial charge in [0.2, 0.25) is 0 Å². The zero-order chi connectivity index (χ0) is 16.5. The molecule has 0 aromatic carbocycles. The van der Waals surface area contributed by atoms with E-state index < -0.39 is 5.54 Å². The van der Waals surface area contributed by atoms with Crippen LogP contribution in [0.2, 0.25) is 0 Å². The average molecular weight is 302 g/mol. The van der Waals surface area contributed by atoms with Crippen molar-refractivity contribution in [3.63, 3.8) is 0 Å². The monoisotopic (exact) mass is 302 g/mol. The lowest BCUT2D eigenvalue weighted by Gasteiger charge is -2.39. The molecule has 0 saturated carbocycles. The van der Waals surface area contributed by atoms with Gasteiger partial charge in [-0.1, -0.05) is 13.8 Å². The molecule has 0 rings (SSSR count). The summed E-state index contributed by atoms with van der Waals surface area (Å²) in [6, 6.07) is 0.651. The molecule has 0 bridgehead atoms. The fraction of sp³-hybridized carbons (Fsp3) is 0.938. The molecule has 5 nitrogen and oxygen atoms in total. The number of hydrogen-bond donors (Lipinski definition) is 1. The Bertz CT molecular complexity index is 293. The number of methoxy groups -OCH3 is 2. The van der Waals surface area contributed by atoms with E-state index in [1.54, 1.807) is 7.11 Å². The molecule has 1 N–H and O–H groups in total. The molecule has 0 aromatic heterocycles. The van der Waals surface area contributed by atoms with Crippen molar-refractivity contribution in [3.8, 4) is 0 Å². The standard InChI is InChI=1S/C16H34N2O3/c1-8-14(9-2)18(10-11-20-6)12-16(5,15(19)21-7)17-13(3)4/h13-14,17H,8-12H2,1-7H3. The number of ether oxygens (including phenoxy) is 2. The first-order valence-electron chi connectivity index (χ1n) is 7.93. The lowest BCUT2D eigenvalue weighted by molar-refractivity contribution is -0.149. The Morgan fingerprint density at radius 1 is 1.24 bits per heavy atom. The minimum atomic E-state index is -0.709. The number of nitrogens with zero attached hydrogens (tertiary/aromatic N) is 1. The number of carbonyl (C=O) groups excluding carboxylic acids is 1. The molecule has 0 radical (unpaired) electrons. The molecule has 0 fully saturated rings. The van der Waals surface area contributed by atoms with Gasteiger partial charge < -0.3 is 9.47 Å². The van der Waals surface area contributed by atoms with Crippen molar-refractivity contribution < 1.29 is 14.3 Å². The van der Waals surface area contributed by atoms with E-state index >= 15 is 0 Å². The quantitative estimate of drug-likeness (QED) is 0.592. The van der Waals surface area contributed by atoms with Crippen LogP contribution in [0, 0.1) is 0 Å². The van der Waals surface area contributed by atoms with Crippen LogP contribution < -0.4 is 5.32 Å². The molecule has 0 spiro atoms. The molecule has 0 aromatic rings. The zero-order valence-electron chi connectivity index (χ0n) is 14.9. The first-order chi connectivity index (χ1) is 9.84. The maximum Gasteiger partial charge on any atom is 0.327 e. The van der Waals surface area contributed by atoms with Crippen LogP contribution in [0.4, 0.5) is 0 Å². The predicted molar refractivity (Wildman–Crippen MR) is 86.5 cm³/mol. The number of nitrogens with one attached hydrogen (secondary N) is 1. The molecule has 126 valence electrons. The molecular weight excluding hydrogens is 268 g/mol. The number of hydrogen-bond acceptors (Lipinski definition) is 5. The second-order valence-electron chi connectivity index (χ2n) is 6.06. The Morgan fingerprint density at radius 3 is 2.19 bits per heavy atom. The summed E-state index contributed by atoms with van der Waals surface area (Å²) in [7, 11) is 3.15. The zero-order valence-corrected chi connectivity index (χ0v) is 14.9. The SMILES string of the molecule is CCC(CC)N(CCOC)CC(C)(NC(C)C)C(=O)OC. The predicted octanol–water partition coefficient (Wildman–Crippen LogP) is 2.05. The molecule has 0 saturated heterocycles. The number of esters is 1. The fourth-order valence-electron chi connectivity index (χ4n) is 2.84. The van der Waals surface area contributed by atoms with Gasteiger partial charge in [0.15, 0.2) is 0 Å². The van der Waals surface area contributed by atoms with Crippen LogP contribution in [0.3, 0.4) is 0 Å². The van der Waals surface area contributed by atoms with Crippen molar-refractivity contribution in [2.45, 2.75) is 65.1 Å². The summed E-state index contributed by atoms with van der Waals surface area (Å²) < 4.78 is 10.2. The Kier molecular flexibility index (Phi) is 9.83. The average Bonchev–Trinajstić information content (AvgIpc) is 2.43. The highest BCUT2D eigenvalue weighted by atomic mass is 16.5. The van der Waals surface area contributed by atoms with Gasteiger partial charge in [-0.15, -0.1) is 0 Å². The molecule has 0 amide bonds. The molecule has 1 unspecified atom stereocenters. The summed E-state index contributed by atoms with van der Waals surface area (Å²) in [4.78, 5) is 14.6. The summed E-state index contributed by atoms with van der Waals surface area (Å²) in [5, 5.41) is 3.36. The van der Waals surface area contributed by atoms with Crippen LogP contribution in [0.25, 0.3) is 0 Å². The summed E-state index contributed by atoms with van der Waals surface area (Å²) in [6.45, 7) is 12.5. The van der Waals surface area contributed by atoms with E-state index in [4.69, 9.17) is 9.47 Å². The van der Waals surface area contributed by atoms with E-state index in [-0.39, 0.29) is 12.0 Å². The molecule has 0 aliphatic carbocycles. The van der Waals surface area contributed by atoms with E-state index in [0.29, 0.717) is 19.2 Å². The van der Waals surface area contributed by atoms with Gasteiger partial charge >= 0.3 is 5.97 Å². The van der Waals surface area contributed by atoms with Gasteiger partial charge in [-0.05, 0) is 33.6 Å². The van der Waals surface area contributed by atoms with Crippen molar-refractivity contribution in [1.82, 2.24) is 10.2 Å². The van der Waals surface area contributed by atoms with Crippen molar-refractivity contribution in [2.24, 2.45) is 0 Å². The Morgan fingerprint density at radius 2 is 1.81 bits per heavy atom. The van der Waals surface area contributed by atoms with Crippen molar-refractivity contribution in [1.29, 1.82) is 0 Å². The van der Waals surface area contributed by atoms with Gasteiger partial charge in [0.1, 0.15) is 5.54 Å². The van der Waals surface area contributed by atoms with Crippen LogP contribution in [-0.4, -0.2) is 62.4 Å². The van der Waals surface area contributed by atoms with E-state index in [1.807, 2.05) is 20.8 Å². The third kappa shape index (κ3) is 6.76. The number of carbonyl (C=O) groups is 1. The maximum atomic E-state index is 12.2. The molecular formula is C16H34N2O3. The van der Waals surface area contributed by atoms with Crippen molar-refractivity contribution in [3.05, 3.63) is 0 Å². The van der Waals surface area contributed by atoms with E-state index in [9.17, 15) is 4.79 Å². The normalized spacial score (nSPS) is 14.8. The maximum absolute atomic E-state index is 12.2. The fourth-order valence-corrected chi connectivity index (χ4v) is 2.84. The molecule has 21 heavy (non-hydrogen) atoms. The second kappa shape index (κ2) is 10.1. The second-order valence-corrected chi connectivity index (χ2v) is 6.06. The van der Waals surface area contributed by atoms with E-state index in [2.05, 4.69) is 24.1 Å². The van der Waals surface area contributed by atoms with E-state index in [1.165, 1.54) is 7.11 Å². The Hall–Kier alpha value is -0.650. The Labute approximate surface area is 130 Å². The summed E-state index contributed by atoms with van der Waals surface area (Å²) in [5.41, 5.74) is -0.709. The van der Waals surface area contributed by atoms with Gasteiger partial charge in [0.25, 0.3) is 0 Å². The minimum absolute atomic E-state index is 0.208. The highest BCUT2D eigenvalue weighted by Gasteiger charge is 2.37. The third-order valence-corrected chi connectivity index (χ3v) is 3.80. The first-order valence-corrected chi connectivity index (χ1v) is 7.93. The smallest absolute Gasteiger partial charge is 0.327 e. The molecule has 0 heterocycles.